The van der Waals surface area contributed by atoms with Crippen LogP contribution in [0.4, 0.5) is 0 Å². The van der Waals surface area contributed by atoms with Crippen LogP contribution in [0.3, 0.4) is 0 Å². The molecule has 0 aromatic carbocycles. The van der Waals surface area contributed by atoms with Crippen molar-refractivity contribution in [2.24, 2.45) is 17.3 Å². The van der Waals surface area contributed by atoms with E-state index in [1.807, 2.05) is 6.92 Å². The first-order valence-corrected chi connectivity index (χ1v) is 4.74. The molecule has 1 N–H and O–H groups in total. The van der Waals surface area contributed by atoms with Crippen LogP contribution in [-0.4, -0.2) is 5.11 Å². The van der Waals surface area contributed by atoms with Crippen LogP contribution >= 0.6 is 0 Å². The second kappa shape index (κ2) is 3.99. The Kier molecular flexibility index (Phi) is 3.77. The third-order valence-corrected chi connectivity index (χ3v) is 2.91. The molecule has 0 fully saturated rings. The first kappa shape index (κ1) is 12.3. The lowest BCUT2D eigenvalue weighted by Crippen LogP contribution is -2.22. The number of hydrogen-bond acceptors (Lipinski definition) is 1. The summed E-state index contributed by atoms with van der Waals surface area (Å²) in [5.41, 5.74) is 1.25. The summed E-state index contributed by atoms with van der Waals surface area (Å²) >= 11 is 0. The molecule has 0 rings (SSSR count). The first-order valence-electron chi connectivity index (χ1n) is 4.74. The molecule has 0 spiro atoms. The summed E-state index contributed by atoms with van der Waals surface area (Å²) in [5, 5.41) is 9.25. The molecule has 0 heterocycles. The highest BCUT2D eigenvalue weighted by molar-refractivity contribution is 5.14. The van der Waals surface area contributed by atoms with Crippen molar-refractivity contribution in [3.63, 3.8) is 0 Å². The van der Waals surface area contributed by atoms with Gasteiger partial charge in [-0.3, -0.25) is 0 Å². The minimum atomic E-state index is -0.00535. The van der Waals surface area contributed by atoms with Crippen LogP contribution in [0.1, 0.15) is 34.6 Å². The van der Waals surface area contributed by atoms with Gasteiger partial charge in [-0.25, -0.2) is 0 Å². The summed E-state index contributed by atoms with van der Waals surface area (Å²) in [6.07, 6.45) is 0. The second-order valence-corrected chi connectivity index (χ2v) is 4.88. The lowest BCUT2D eigenvalue weighted by Gasteiger charge is -2.31. The fourth-order valence-corrected chi connectivity index (χ4v) is 1.15. The van der Waals surface area contributed by atoms with E-state index in [4.69, 9.17) is 0 Å². The van der Waals surface area contributed by atoms with Gasteiger partial charge < -0.3 is 5.11 Å². The molecule has 0 aromatic rings. The van der Waals surface area contributed by atoms with Crippen molar-refractivity contribution in [1.82, 2.24) is 0 Å². The molecule has 0 saturated carbocycles. The predicted octanol–water partition coefficient (Wildman–Crippen LogP) is 3.93. The molecule has 0 amide bonds. The van der Waals surface area contributed by atoms with Gasteiger partial charge in [0.2, 0.25) is 0 Å². The molecular weight excluding hydrogens is 160 g/mol. The summed E-state index contributed by atoms with van der Waals surface area (Å²) in [6, 6.07) is 0. The third-order valence-electron chi connectivity index (χ3n) is 2.91. The van der Waals surface area contributed by atoms with Crippen molar-refractivity contribution < 1.29 is 5.11 Å². The number of allylic oxidation sites excluding steroid dienone is 1. The molecule has 1 nitrogen and oxygen atoms in total. The number of rotatable bonds is 3. The van der Waals surface area contributed by atoms with Gasteiger partial charge in [-0.05, 0) is 11.3 Å². The Hall–Kier alpha value is -0.720. The zero-order valence-corrected chi connectivity index (χ0v) is 9.52. The van der Waals surface area contributed by atoms with Crippen LogP contribution in [-0.2, 0) is 0 Å². The molecule has 0 bridgehead atoms. The molecular formula is C12H22O. The van der Waals surface area contributed by atoms with Gasteiger partial charge in [0.05, 0.1) is 5.76 Å². The van der Waals surface area contributed by atoms with Gasteiger partial charge in [-0.2, -0.15) is 0 Å². The molecule has 0 aromatic heterocycles. The standard InChI is InChI=1S/C12H22O/c1-8(9(2)11(4)13)10(3)12(5,6)7/h9-10,13H,1,4H2,2-3,5-7H3. The van der Waals surface area contributed by atoms with E-state index < -0.39 is 0 Å². The Morgan fingerprint density at radius 2 is 1.54 bits per heavy atom. The van der Waals surface area contributed by atoms with Crippen LogP contribution in [0.5, 0.6) is 0 Å². The van der Waals surface area contributed by atoms with Crippen LogP contribution < -0.4 is 0 Å². The summed E-state index contributed by atoms with van der Waals surface area (Å²) < 4.78 is 0. The highest BCUT2D eigenvalue weighted by atomic mass is 16.3. The van der Waals surface area contributed by atoms with Gasteiger partial charge in [-0.1, -0.05) is 53.3 Å². The fraction of sp³-hybridized carbons (Fsp3) is 0.667. The molecule has 1 heteroatoms. The predicted molar refractivity (Wildman–Crippen MR) is 58.7 cm³/mol. The van der Waals surface area contributed by atoms with Crippen molar-refractivity contribution in [3.8, 4) is 0 Å². The Balaban J connectivity index is 4.53. The first-order chi connectivity index (χ1) is 5.68. The normalized spacial score (nSPS) is 16.4. The largest absolute Gasteiger partial charge is 0.512 e. The molecule has 0 aliphatic carbocycles. The van der Waals surface area contributed by atoms with E-state index in [0.717, 1.165) is 5.57 Å². The van der Waals surface area contributed by atoms with E-state index in [9.17, 15) is 5.11 Å². The zero-order chi connectivity index (χ0) is 10.8. The van der Waals surface area contributed by atoms with E-state index in [-0.39, 0.29) is 17.1 Å². The molecule has 13 heavy (non-hydrogen) atoms. The Labute approximate surface area is 82.2 Å². The van der Waals surface area contributed by atoms with E-state index in [1.165, 1.54) is 0 Å². The zero-order valence-electron chi connectivity index (χ0n) is 9.52. The van der Waals surface area contributed by atoms with Gasteiger partial charge in [0.1, 0.15) is 0 Å². The van der Waals surface area contributed by atoms with Crippen molar-refractivity contribution >= 4 is 0 Å². The lowest BCUT2D eigenvalue weighted by molar-refractivity contribution is 0.271. The van der Waals surface area contributed by atoms with Crippen molar-refractivity contribution in [1.29, 1.82) is 0 Å². The Morgan fingerprint density at radius 3 is 1.77 bits per heavy atom. The number of aliphatic hydroxyl groups is 1. The molecule has 2 atom stereocenters. The van der Waals surface area contributed by atoms with Crippen molar-refractivity contribution in [2.75, 3.05) is 0 Å². The van der Waals surface area contributed by atoms with E-state index in [0.29, 0.717) is 5.92 Å². The van der Waals surface area contributed by atoms with Gasteiger partial charge in [0.15, 0.2) is 0 Å². The van der Waals surface area contributed by atoms with Crippen molar-refractivity contribution in [2.45, 2.75) is 34.6 Å². The molecule has 0 aliphatic rings. The summed E-state index contributed by atoms with van der Waals surface area (Å²) in [7, 11) is 0. The van der Waals surface area contributed by atoms with Gasteiger partial charge in [-0.15, -0.1) is 0 Å². The Morgan fingerprint density at radius 1 is 1.15 bits per heavy atom. The monoisotopic (exact) mass is 182 g/mol. The van der Waals surface area contributed by atoms with Gasteiger partial charge >= 0.3 is 0 Å². The van der Waals surface area contributed by atoms with Crippen LogP contribution in [0.2, 0.25) is 0 Å². The second-order valence-electron chi connectivity index (χ2n) is 4.88. The topological polar surface area (TPSA) is 20.2 Å². The summed E-state index contributed by atoms with van der Waals surface area (Å²) in [5.74, 6) is 0.585. The van der Waals surface area contributed by atoms with Crippen LogP contribution in [0.15, 0.2) is 24.5 Å². The molecule has 2 unspecified atom stereocenters. The average molecular weight is 182 g/mol. The highest BCUT2D eigenvalue weighted by Crippen LogP contribution is 2.35. The maximum Gasteiger partial charge on any atom is 0.0919 e. The maximum absolute atomic E-state index is 9.25. The lowest BCUT2D eigenvalue weighted by atomic mass is 9.74. The number of hydrogen-bond donors (Lipinski definition) is 1. The van der Waals surface area contributed by atoms with E-state index in [2.05, 4.69) is 40.9 Å². The smallest absolute Gasteiger partial charge is 0.0919 e. The summed E-state index contributed by atoms with van der Waals surface area (Å²) in [4.78, 5) is 0. The summed E-state index contributed by atoms with van der Waals surface area (Å²) in [6.45, 7) is 18.2. The SMILES string of the molecule is C=C(O)C(C)C(=C)C(C)C(C)(C)C. The van der Waals surface area contributed by atoms with Crippen LogP contribution in [0.25, 0.3) is 0 Å². The van der Waals surface area contributed by atoms with Gasteiger partial charge in [0, 0.05) is 5.92 Å². The highest BCUT2D eigenvalue weighted by Gasteiger charge is 2.26. The van der Waals surface area contributed by atoms with E-state index in [1.54, 1.807) is 0 Å². The third kappa shape index (κ3) is 3.25. The minimum Gasteiger partial charge on any atom is -0.512 e. The minimum absolute atomic E-state index is 0.00535. The fourth-order valence-electron chi connectivity index (χ4n) is 1.15. The Bertz CT molecular complexity index is 208. The number of aliphatic hydroxyl groups excluding tert-OH is 1. The van der Waals surface area contributed by atoms with Crippen molar-refractivity contribution in [3.05, 3.63) is 24.5 Å². The van der Waals surface area contributed by atoms with Crippen LogP contribution in [0, 0.1) is 17.3 Å². The van der Waals surface area contributed by atoms with E-state index >= 15 is 0 Å². The maximum atomic E-state index is 9.25. The average Bonchev–Trinajstić information content (AvgIpc) is 1.98. The molecule has 0 aliphatic heterocycles. The quantitative estimate of drug-likeness (QED) is 0.518. The molecule has 76 valence electrons. The van der Waals surface area contributed by atoms with Gasteiger partial charge in [0.25, 0.3) is 0 Å². The molecule has 0 saturated heterocycles. The molecule has 0 radical (unpaired) electrons.